The number of ether oxygens (including phenoxy) is 2. The minimum Gasteiger partial charge on any atom is -0.497 e. The molecule has 3 rings (SSSR count). The number of carbonyl (C=O) groups excluding carboxylic acids is 1. The molecule has 0 saturated carbocycles. The molecule has 0 radical (unpaired) electrons. The average molecular weight is 404 g/mol. The Labute approximate surface area is 165 Å². The summed E-state index contributed by atoms with van der Waals surface area (Å²) in [4.78, 5) is 18.9. The molecule has 0 bridgehead atoms. The summed E-state index contributed by atoms with van der Waals surface area (Å²) in [5, 5.41) is 0.537. The SMILES string of the molecule is CCSC1=NC(=Cc2ccc(OC)cc2)C(=O)N1c1ccc(OC(F)F)cc1. The van der Waals surface area contributed by atoms with Crippen molar-refractivity contribution in [2.75, 3.05) is 17.8 Å². The smallest absolute Gasteiger partial charge is 0.387 e. The van der Waals surface area contributed by atoms with Gasteiger partial charge in [0.1, 0.15) is 17.2 Å². The lowest BCUT2D eigenvalue weighted by Gasteiger charge is -2.17. The number of rotatable bonds is 6. The van der Waals surface area contributed by atoms with Crippen molar-refractivity contribution in [1.29, 1.82) is 0 Å². The molecule has 8 heteroatoms. The largest absolute Gasteiger partial charge is 0.497 e. The average Bonchev–Trinajstić information content (AvgIpc) is 2.98. The molecule has 5 nitrogen and oxygen atoms in total. The van der Waals surface area contributed by atoms with Gasteiger partial charge < -0.3 is 9.47 Å². The molecule has 0 N–H and O–H groups in total. The maximum Gasteiger partial charge on any atom is 0.387 e. The van der Waals surface area contributed by atoms with E-state index in [9.17, 15) is 13.6 Å². The predicted molar refractivity (Wildman–Crippen MR) is 107 cm³/mol. The summed E-state index contributed by atoms with van der Waals surface area (Å²) in [5.41, 5.74) is 1.65. The molecular weight excluding hydrogens is 386 g/mol. The lowest BCUT2D eigenvalue weighted by molar-refractivity contribution is -0.113. The first-order valence-electron chi connectivity index (χ1n) is 8.48. The van der Waals surface area contributed by atoms with E-state index in [1.807, 2.05) is 19.1 Å². The third-order valence-electron chi connectivity index (χ3n) is 3.84. The Hall–Kier alpha value is -2.87. The van der Waals surface area contributed by atoms with Gasteiger partial charge in [0.2, 0.25) is 0 Å². The highest BCUT2D eigenvalue weighted by Gasteiger charge is 2.31. The van der Waals surface area contributed by atoms with Crippen molar-refractivity contribution in [2.24, 2.45) is 4.99 Å². The molecule has 0 atom stereocenters. The Kier molecular flexibility index (Phi) is 6.30. The number of nitrogens with zero attached hydrogens (tertiary/aromatic N) is 2. The third kappa shape index (κ3) is 4.51. The Balaban J connectivity index is 1.88. The number of carbonyl (C=O) groups is 1. The zero-order chi connectivity index (χ0) is 20.1. The molecular formula is C20H18F2N2O3S. The van der Waals surface area contributed by atoms with Crippen LogP contribution in [-0.4, -0.2) is 30.5 Å². The minimum atomic E-state index is -2.90. The van der Waals surface area contributed by atoms with E-state index in [0.29, 0.717) is 16.6 Å². The van der Waals surface area contributed by atoms with Crippen LogP contribution in [0.1, 0.15) is 12.5 Å². The van der Waals surface area contributed by atoms with Crippen molar-refractivity contribution in [3.05, 3.63) is 59.8 Å². The van der Waals surface area contributed by atoms with Gasteiger partial charge in [-0.1, -0.05) is 30.8 Å². The molecule has 2 aromatic rings. The van der Waals surface area contributed by atoms with Crippen molar-refractivity contribution in [3.63, 3.8) is 0 Å². The molecule has 0 unspecified atom stereocenters. The van der Waals surface area contributed by atoms with Gasteiger partial charge in [0.25, 0.3) is 5.91 Å². The van der Waals surface area contributed by atoms with Crippen LogP contribution in [0.25, 0.3) is 6.08 Å². The van der Waals surface area contributed by atoms with Crippen LogP contribution in [0.4, 0.5) is 14.5 Å². The fourth-order valence-electron chi connectivity index (χ4n) is 2.58. The fourth-order valence-corrected chi connectivity index (χ4v) is 3.32. The van der Waals surface area contributed by atoms with Crippen LogP contribution < -0.4 is 14.4 Å². The number of aliphatic imine (C=N–C) groups is 1. The molecule has 0 spiro atoms. The number of methoxy groups -OCH3 is 1. The van der Waals surface area contributed by atoms with E-state index in [0.717, 1.165) is 17.1 Å². The van der Waals surface area contributed by atoms with Crippen LogP contribution >= 0.6 is 11.8 Å². The van der Waals surface area contributed by atoms with Gasteiger partial charge in [-0.2, -0.15) is 8.78 Å². The molecule has 0 aromatic heterocycles. The second-order valence-electron chi connectivity index (χ2n) is 5.64. The first kappa shape index (κ1) is 19.9. The lowest BCUT2D eigenvalue weighted by atomic mass is 10.2. The van der Waals surface area contributed by atoms with Gasteiger partial charge in [-0.3, -0.25) is 9.69 Å². The summed E-state index contributed by atoms with van der Waals surface area (Å²) in [6.07, 6.45) is 1.70. The van der Waals surface area contributed by atoms with Gasteiger partial charge in [-0.05, 0) is 53.8 Å². The van der Waals surface area contributed by atoms with Gasteiger partial charge in [0.05, 0.1) is 12.8 Å². The summed E-state index contributed by atoms with van der Waals surface area (Å²) < 4.78 is 34.1. The number of amidine groups is 1. The zero-order valence-electron chi connectivity index (χ0n) is 15.3. The third-order valence-corrected chi connectivity index (χ3v) is 4.66. The second kappa shape index (κ2) is 8.88. The normalized spacial score (nSPS) is 15.3. The molecule has 1 amide bonds. The Morgan fingerprint density at radius 1 is 1.11 bits per heavy atom. The van der Waals surface area contributed by atoms with Gasteiger partial charge in [0.15, 0.2) is 5.17 Å². The first-order valence-corrected chi connectivity index (χ1v) is 9.47. The maximum atomic E-state index is 12.9. The Morgan fingerprint density at radius 3 is 2.32 bits per heavy atom. The topological polar surface area (TPSA) is 51.1 Å². The number of hydrogen-bond acceptors (Lipinski definition) is 5. The van der Waals surface area contributed by atoms with E-state index in [1.165, 1.54) is 28.8 Å². The standard InChI is InChI=1S/C20H18F2N2O3S/c1-3-28-20-23-17(12-13-4-8-15(26-2)9-5-13)18(25)24(20)14-6-10-16(11-7-14)27-19(21)22/h4-12,19H,3H2,1-2H3. The van der Waals surface area contributed by atoms with E-state index in [-0.39, 0.29) is 11.7 Å². The summed E-state index contributed by atoms with van der Waals surface area (Å²) in [6.45, 7) is -0.938. The quantitative estimate of drug-likeness (QED) is 0.650. The van der Waals surface area contributed by atoms with E-state index >= 15 is 0 Å². The van der Waals surface area contributed by atoms with Crippen LogP contribution in [-0.2, 0) is 4.79 Å². The van der Waals surface area contributed by atoms with Crippen molar-refractivity contribution in [1.82, 2.24) is 0 Å². The zero-order valence-corrected chi connectivity index (χ0v) is 16.1. The maximum absolute atomic E-state index is 12.9. The monoisotopic (exact) mass is 404 g/mol. The van der Waals surface area contributed by atoms with Gasteiger partial charge in [-0.15, -0.1) is 0 Å². The van der Waals surface area contributed by atoms with Crippen LogP contribution in [0.2, 0.25) is 0 Å². The Morgan fingerprint density at radius 2 is 1.75 bits per heavy atom. The van der Waals surface area contributed by atoms with E-state index in [4.69, 9.17) is 4.74 Å². The number of thioether (sulfide) groups is 1. The molecule has 146 valence electrons. The highest BCUT2D eigenvalue weighted by molar-refractivity contribution is 8.14. The lowest BCUT2D eigenvalue weighted by Crippen LogP contribution is -2.30. The van der Waals surface area contributed by atoms with Crippen molar-refractivity contribution in [2.45, 2.75) is 13.5 Å². The second-order valence-corrected chi connectivity index (χ2v) is 6.87. The van der Waals surface area contributed by atoms with Gasteiger partial charge in [-0.25, -0.2) is 4.99 Å². The number of alkyl halides is 2. The number of hydrogen-bond donors (Lipinski definition) is 0. The molecule has 1 aliphatic heterocycles. The van der Waals surface area contributed by atoms with E-state index < -0.39 is 6.61 Å². The minimum absolute atomic E-state index is 0.0287. The highest BCUT2D eigenvalue weighted by Crippen LogP contribution is 2.31. The van der Waals surface area contributed by atoms with E-state index in [1.54, 1.807) is 37.5 Å². The summed E-state index contributed by atoms with van der Waals surface area (Å²) >= 11 is 1.42. The molecule has 1 aliphatic rings. The summed E-state index contributed by atoms with van der Waals surface area (Å²) in [7, 11) is 1.59. The van der Waals surface area contributed by atoms with Gasteiger partial charge in [0, 0.05) is 0 Å². The molecule has 28 heavy (non-hydrogen) atoms. The van der Waals surface area contributed by atoms with Crippen molar-refractivity contribution in [3.8, 4) is 11.5 Å². The number of benzene rings is 2. The van der Waals surface area contributed by atoms with Crippen molar-refractivity contribution >= 4 is 34.6 Å². The van der Waals surface area contributed by atoms with Crippen molar-refractivity contribution < 1.29 is 23.0 Å². The Bertz CT molecular complexity index is 897. The van der Waals surface area contributed by atoms with Crippen LogP contribution in [0.3, 0.4) is 0 Å². The van der Waals surface area contributed by atoms with Gasteiger partial charge >= 0.3 is 6.61 Å². The van der Waals surface area contributed by atoms with Crippen LogP contribution in [0.5, 0.6) is 11.5 Å². The number of anilines is 1. The summed E-state index contributed by atoms with van der Waals surface area (Å²) in [6, 6.07) is 13.2. The van der Waals surface area contributed by atoms with E-state index in [2.05, 4.69) is 9.73 Å². The number of halogens is 2. The number of amides is 1. The molecule has 2 aromatic carbocycles. The van der Waals surface area contributed by atoms with Crippen LogP contribution in [0.15, 0.2) is 59.2 Å². The highest BCUT2D eigenvalue weighted by atomic mass is 32.2. The molecule has 0 fully saturated rings. The van der Waals surface area contributed by atoms with Crippen LogP contribution in [0, 0.1) is 0 Å². The molecule has 0 saturated heterocycles. The fraction of sp³-hybridized carbons (Fsp3) is 0.200. The molecule has 1 heterocycles. The predicted octanol–water partition coefficient (Wildman–Crippen LogP) is 4.79. The summed E-state index contributed by atoms with van der Waals surface area (Å²) in [5.74, 6) is 1.19. The first-order chi connectivity index (χ1) is 13.5. The molecule has 0 aliphatic carbocycles.